The van der Waals surface area contributed by atoms with Gasteiger partial charge in [-0.25, -0.2) is 4.98 Å². The molecule has 1 aromatic heterocycles. The fourth-order valence-electron chi connectivity index (χ4n) is 1.20. The van der Waals surface area contributed by atoms with Crippen molar-refractivity contribution in [2.45, 2.75) is 12.8 Å². The van der Waals surface area contributed by atoms with Crippen molar-refractivity contribution in [1.29, 1.82) is 0 Å². The molecule has 0 saturated carbocycles. The fourth-order valence-corrected chi connectivity index (χ4v) is 1.37. The van der Waals surface area contributed by atoms with Crippen molar-refractivity contribution in [1.82, 2.24) is 4.98 Å². The molecule has 2 rings (SSSR count). The lowest BCUT2D eigenvalue weighted by Crippen LogP contribution is -1.89. The Morgan fingerprint density at radius 1 is 1.57 bits per heavy atom. The monoisotopic (exact) mass is 209 g/mol. The molecule has 1 heterocycles. The largest absolute Gasteiger partial charge is 0.434 e. The van der Waals surface area contributed by atoms with Crippen molar-refractivity contribution in [3.05, 3.63) is 29.7 Å². The number of Topliss-reactive ketones (excluding diaryl/α,β-unsaturated/α-hetero) is 1. The van der Waals surface area contributed by atoms with Gasteiger partial charge in [0.1, 0.15) is 5.52 Å². The van der Waals surface area contributed by atoms with Crippen LogP contribution >= 0.6 is 11.6 Å². The number of halogens is 1. The van der Waals surface area contributed by atoms with Crippen molar-refractivity contribution in [3.63, 3.8) is 0 Å². The quantitative estimate of drug-likeness (QED) is 0.564. The molecule has 0 N–H and O–H groups in total. The number of rotatable bonds is 2. The van der Waals surface area contributed by atoms with Crippen molar-refractivity contribution in [3.8, 4) is 0 Å². The summed E-state index contributed by atoms with van der Waals surface area (Å²) in [5.41, 5.74) is 2.24. The van der Waals surface area contributed by atoms with Gasteiger partial charge in [-0.1, -0.05) is 6.07 Å². The van der Waals surface area contributed by atoms with Gasteiger partial charge in [0, 0.05) is 12.8 Å². The molecule has 0 spiro atoms. The van der Waals surface area contributed by atoms with Gasteiger partial charge in [0.2, 0.25) is 5.78 Å². The molecule has 0 aliphatic carbocycles. The number of nitrogens with zero attached hydrogens (tertiary/aromatic N) is 1. The summed E-state index contributed by atoms with van der Waals surface area (Å²) in [4.78, 5) is 15.0. The number of alkyl halides is 1. The summed E-state index contributed by atoms with van der Waals surface area (Å²) < 4.78 is 5.25. The first kappa shape index (κ1) is 9.21. The Bertz CT molecular complexity index is 490. The molecule has 0 fully saturated rings. The number of hydrogen-bond donors (Lipinski definition) is 0. The predicted molar refractivity (Wildman–Crippen MR) is 53.6 cm³/mol. The zero-order chi connectivity index (χ0) is 10.1. The van der Waals surface area contributed by atoms with E-state index in [4.69, 9.17) is 16.0 Å². The van der Waals surface area contributed by atoms with E-state index in [2.05, 4.69) is 4.98 Å². The van der Waals surface area contributed by atoms with Crippen LogP contribution in [0.2, 0.25) is 0 Å². The molecule has 2 aromatic rings. The molecule has 0 aliphatic heterocycles. The summed E-state index contributed by atoms with van der Waals surface area (Å²) in [7, 11) is 0. The maximum atomic E-state index is 11.0. The topological polar surface area (TPSA) is 43.1 Å². The lowest BCUT2D eigenvalue weighted by molar-refractivity contribution is 0.0983. The summed E-state index contributed by atoms with van der Waals surface area (Å²) in [6.07, 6.45) is 0. The molecule has 14 heavy (non-hydrogen) atoms. The Morgan fingerprint density at radius 3 is 3.00 bits per heavy atom. The summed E-state index contributed by atoms with van der Waals surface area (Å²) in [6.45, 7) is 1.42. The number of carbonyl (C=O) groups is 1. The molecular weight excluding hydrogens is 202 g/mol. The fraction of sp³-hybridized carbons (Fsp3) is 0.200. The minimum absolute atomic E-state index is 0.145. The first-order chi connectivity index (χ1) is 6.70. The van der Waals surface area contributed by atoms with E-state index in [1.165, 1.54) is 6.92 Å². The molecule has 0 bridgehead atoms. The highest BCUT2D eigenvalue weighted by atomic mass is 35.5. The van der Waals surface area contributed by atoms with Crippen LogP contribution in [0.3, 0.4) is 0 Å². The number of benzene rings is 1. The zero-order valence-electron chi connectivity index (χ0n) is 7.58. The van der Waals surface area contributed by atoms with E-state index >= 15 is 0 Å². The normalized spacial score (nSPS) is 10.7. The third kappa shape index (κ3) is 1.51. The summed E-state index contributed by atoms with van der Waals surface area (Å²) in [5.74, 6) is 0.395. The molecular formula is C10H8ClNO2. The van der Waals surface area contributed by atoms with E-state index in [9.17, 15) is 4.79 Å². The van der Waals surface area contributed by atoms with Gasteiger partial charge < -0.3 is 4.42 Å². The van der Waals surface area contributed by atoms with E-state index in [0.29, 0.717) is 17.0 Å². The van der Waals surface area contributed by atoms with Crippen molar-refractivity contribution in [2.24, 2.45) is 0 Å². The molecule has 0 saturated heterocycles. The number of fused-ring (bicyclic) bond motifs is 1. The van der Waals surface area contributed by atoms with Crippen LogP contribution in [0.15, 0.2) is 22.6 Å². The van der Waals surface area contributed by atoms with Crippen LogP contribution in [0.25, 0.3) is 11.1 Å². The van der Waals surface area contributed by atoms with Gasteiger partial charge in [0.05, 0.1) is 0 Å². The number of ketones is 1. The summed E-state index contributed by atoms with van der Waals surface area (Å²) in [5, 5.41) is 0. The number of oxazole rings is 1. The lowest BCUT2D eigenvalue weighted by atomic mass is 10.2. The van der Waals surface area contributed by atoms with E-state index in [-0.39, 0.29) is 11.7 Å². The molecule has 0 amide bonds. The SMILES string of the molecule is CC(=O)c1nc2ccc(CCl)cc2o1. The number of aromatic nitrogens is 1. The highest BCUT2D eigenvalue weighted by Gasteiger charge is 2.09. The molecule has 0 radical (unpaired) electrons. The Labute approximate surface area is 85.7 Å². The van der Waals surface area contributed by atoms with Gasteiger partial charge in [0.15, 0.2) is 5.58 Å². The molecule has 72 valence electrons. The Balaban J connectivity index is 2.60. The van der Waals surface area contributed by atoms with Gasteiger partial charge in [-0.3, -0.25) is 4.79 Å². The second-order valence-electron chi connectivity index (χ2n) is 3.01. The van der Waals surface area contributed by atoms with Crippen LogP contribution in [0, 0.1) is 0 Å². The smallest absolute Gasteiger partial charge is 0.263 e. The van der Waals surface area contributed by atoms with Crippen LogP contribution in [0.5, 0.6) is 0 Å². The minimum atomic E-state index is -0.173. The maximum Gasteiger partial charge on any atom is 0.263 e. The Morgan fingerprint density at radius 2 is 2.36 bits per heavy atom. The lowest BCUT2D eigenvalue weighted by Gasteiger charge is -1.91. The molecule has 0 aliphatic rings. The van der Waals surface area contributed by atoms with Gasteiger partial charge in [-0.15, -0.1) is 11.6 Å². The molecule has 3 nitrogen and oxygen atoms in total. The third-order valence-corrected chi connectivity index (χ3v) is 2.22. The first-order valence-electron chi connectivity index (χ1n) is 4.17. The third-order valence-electron chi connectivity index (χ3n) is 1.91. The summed E-state index contributed by atoms with van der Waals surface area (Å²) in [6, 6.07) is 5.45. The number of carbonyl (C=O) groups excluding carboxylic acids is 1. The predicted octanol–water partition coefficient (Wildman–Crippen LogP) is 2.77. The van der Waals surface area contributed by atoms with Crippen LogP contribution in [-0.4, -0.2) is 10.8 Å². The van der Waals surface area contributed by atoms with Gasteiger partial charge in [0.25, 0.3) is 5.89 Å². The van der Waals surface area contributed by atoms with E-state index in [1.807, 2.05) is 6.07 Å². The molecule has 4 heteroatoms. The first-order valence-corrected chi connectivity index (χ1v) is 4.70. The second-order valence-corrected chi connectivity index (χ2v) is 3.28. The number of hydrogen-bond acceptors (Lipinski definition) is 3. The Hall–Kier alpha value is -1.35. The molecule has 0 atom stereocenters. The van der Waals surface area contributed by atoms with Crippen molar-refractivity contribution >= 4 is 28.5 Å². The van der Waals surface area contributed by atoms with Gasteiger partial charge in [-0.05, 0) is 17.7 Å². The Kier molecular flexibility index (Phi) is 2.25. The van der Waals surface area contributed by atoms with Crippen LogP contribution < -0.4 is 0 Å². The summed E-state index contributed by atoms with van der Waals surface area (Å²) >= 11 is 5.67. The standard InChI is InChI=1S/C10H8ClNO2/c1-6(13)10-12-8-3-2-7(5-11)4-9(8)14-10/h2-4H,5H2,1H3. The zero-order valence-corrected chi connectivity index (χ0v) is 8.34. The van der Waals surface area contributed by atoms with Gasteiger partial charge in [-0.2, -0.15) is 0 Å². The molecule has 1 aromatic carbocycles. The van der Waals surface area contributed by atoms with Crippen LogP contribution in [0.1, 0.15) is 23.2 Å². The van der Waals surface area contributed by atoms with Crippen molar-refractivity contribution < 1.29 is 9.21 Å². The average Bonchev–Trinajstić information content (AvgIpc) is 2.59. The van der Waals surface area contributed by atoms with E-state index in [1.54, 1.807) is 12.1 Å². The highest BCUT2D eigenvalue weighted by molar-refractivity contribution is 6.17. The van der Waals surface area contributed by atoms with Gasteiger partial charge >= 0.3 is 0 Å². The average molecular weight is 210 g/mol. The maximum absolute atomic E-state index is 11.0. The second kappa shape index (κ2) is 3.42. The van der Waals surface area contributed by atoms with Crippen LogP contribution in [0.4, 0.5) is 0 Å². The highest BCUT2D eigenvalue weighted by Crippen LogP contribution is 2.18. The van der Waals surface area contributed by atoms with Crippen molar-refractivity contribution in [2.75, 3.05) is 0 Å². The minimum Gasteiger partial charge on any atom is -0.434 e. The van der Waals surface area contributed by atoms with Crippen LogP contribution in [-0.2, 0) is 5.88 Å². The molecule has 0 unspecified atom stereocenters. The van der Waals surface area contributed by atoms with E-state index < -0.39 is 0 Å². The van der Waals surface area contributed by atoms with E-state index in [0.717, 1.165) is 5.56 Å².